The summed E-state index contributed by atoms with van der Waals surface area (Å²) in [5.74, 6) is -0.837. The number of hydrogen-bond donors (Lipinski definition) is 1. The molecule has 1 saturated carbocycles. The molecule has 0 spiro atoms. The summed E-state index contributed by atoms with van der Waals surface area (Å²) in [6.45, 7) is 8.10. The maximum Gasteiger partial charge on any atom is 0.270 e. The molecule has 0 radical (unpaired) electrons. The molecule has 1 N–H and O–H groups in total. The van der Waals surface area contributed by atoms with Gasteiger partial charge in [0.1, 0.15) is 5.57 Å². The molecule has 6 heteroatoms. The number of aryl methyl sites for hydroxylation is 3. The van der Waals surface area contributed by atoms with Crippen LogP contribution in [-0.4, -0.2) is 21.5 Å². The summed E-state index contributed by atoms with van der Waals surface area (Å²) in [5.41, 5.74) is 6.01. The van der Waals surface area contributed by atoms with Gasteiger partial charge in [-0.3, -0.25) is 19.8 Å². The number of thiocarbonyl (C=S) groups is 1. The quantitative estimate of drug-likeness (QED) is 0.445. The summed E-state index contributed by atoms with van der Waals surface area (Å²) in [5, 5.41) is 2.80. The van der Waals surface area contributed by atoms with E-state index >= 15 is 0 Å². The molecular formula is C24H27N3O2S. The van der Waals surface area contributed by atoms with Crippen LogP contribution in [0.5, 0.6) is 0 Å². The predicted octanol–water partition coefficient (Wildman–Crippen LogP) is 4.67. The minimum Gasteiger partial charge on any atom is -0.346 e. The number of nitrogens with zero attached hydrogens (tertiary/aromatic N) is 2. The van der Waals surface area contributed by atoms with Crippen LogP contribution in [0.15, 0.2) is 29.8 Å². The number of nitrogens with one attached hydrogen (secondary N) is 1. The SMILES string of the molecule is Cc1cc(C)cc(N2C(=O)/C(=C/c3cc(C)n(C4CCCC4)c3C)C(=O)NC2=S)c1. The standard InChI is InChI=1S/C24H27N3O2S/c1-14-9-15(2)11-20(10-14)27-23(29)21(22(28)25-24(27)30)13-18-12-16(3)26(17(18)4)19-7-5-6-8-19/h9-13,19H,5-8H2,1-4H3,(H,25,28,30)/b21-13+. The van der Waals surface area contributed by atoms with E-state index in [1.807, 2.05) is 32.0 Å². The summed E-state index contributed by atoms with van der Waals surface area (Å²) in [7, 11) is 0. The molecule has 156 valence electrons. The Morgan fingerprint density at radius 1 is 1.00 bits per heavy atom. The first-order chi connectivity index (χ1) is 14.3. The zero-order valence-corrected chi connectivity index (χ0v) is 18.7. The van der Waals surface area contributed by atoms with Crippen molar-refractivity contribution >= 4 is 40.9 Å². The third kappa shape index (κ3) is 3.60. The molecule has 30 heavy (non-hydrogen) atoms. The lowest BCUT2D eigenvalue weighted by Crippen LogP contribution is -2.54. The van der Waals surface area contributed by atoms with Crippen molar-refractivity contribution in [3.63, 3.8) is 0 Å². The number of hydrogen-bond acceptors (Lipinski definition) is 3. The lowest BCUT2D eigenvalue weighted by Gasteiger charge is -2.29. The third-order valence-electron chi connectivity index (χ3n) is 6.08. The van der Waals surface area contributed by atoms with Gasteiger partial charge in [0.2, 0.25) is 0 Å². The van der Waals surface area contributed by atoms with Crippen LogP contribution >= 0.6 is 12.2 Å². The molecule has 5 nitrogen and oxygen atoms in total. The van der Waals surface area contributed by atoms with Crippen LogP contribution in [-0.2, 0) is 9.59 Å². The highest BCUT2D eigenvalue weighted by atomic mass is 32.1. The fourth-order valence-corrected chi connectivity index (χ4v) is 5.08. The summed E-state index contributed by atoms with van der Waals surface area (Å²) in [6, 6.07) is 8.41. The van der Waals surface area contributed by atoms with Crippen molar-refractivity contribution in [2.45, 2.75) is 59.4 Å². The molecule has 0 bridgehead atoms. The fourth-order valence-electron chi connectivity index (χ4n) is 4.80. The number of aromatic nitrogens is 1. The molecule has 1 aromatic heterocycles. The highest BCUT2D eigenvalue weighted by Crippen LogP contribution is 2.34. The van der Waals surface area contributed by atoms with Crippen molar-refractivity contribution in [1.82, 2.24) is 9.88 Å². The molecule has 1 aliphatic heterocycles. The van der Waals surface area contributed by atoms with Gasteiger partial charge >= 0.3 is 0 Å². The summed E-state index contributed by atoms with van der Waals surface area (Å²) in [4.78, 5) is 27.4. The summed E-state index contributed by atoms with van der Waals surface area (Å²) < 4.78 is 2.36. The molecular weight excluding hydrogens is 394 g/mol. The van der Waals surface area contributed by atoms with Gasteiger partial charge in [0, 0.05) is 17.4 Å². The van der Waals surface area contributed by atoms with E-state index in [1.54, 1.807) is 6.08 Å². The smallest absolute Gasteiger partial charge is 0.270 e. The van der Waals surface area contributed by atoms with Gasteiger partial charge in [-0.25, -0.2) is 0 Å². The first-order valence-electron chi connectivity index (χ1n) is 10.4. The van der Waals surface area contributed by atoms with E-state index < -0.39 is 5.91 Å². The molecule has 1 saturated heterocycles. The maximum absolute atomic E-state index is 13.3. The van der Waals surface area contributed by atoms with Gasteiger partial charge in [-0.2, -0.15) is 0 Å². The van der Waals surface area contributed by atoms with E-state index in [9.17, 15) is 9.59 Å². The van der Waals surface area contributed by atoms with Crippen molar-refractivity contribution in [1.29, 1.82) is 0 Å². The van der Waals surface area contributed by atoms with E-state index in [4.69, 9.17) is 12.2 Å². The van der Waals surface area contributed by atoms with Gasteiger partial charge in [0.25, 0.3) is 11.8 Å². The zero-order valence-electron chi connectivity index (χ0n) is 17.9. The van der Waals surface area contributed by atoms with E-state index in [1.165, 1.54) is 30.6 Å². The fraction of sp³-hybridized carbons (Fsp3) is 0.375. The number of anilines is 1. The second kappa shape index (κ2) is 7.84. The highest BCUT2D eigenvalue weighted by Gasteiger charge is 2.35. The summed E-state index contributed by atoms with van der Waals surface area (Å²) in [6.07, 6.45) is 6.58. The van der Waals surface area contributed by atoms with Gasteiger partial charge in [-0.05, 0) is 93.7 Å². The maximum atomic E-state index is 13.3. The van der Waals surface area contributed by atoms with Crippen molar-refractivity contribution < 1.29 is 9.59 Å². The molecule has 2 aromatic rings. The van der Waals surface area contributed by atoms with Gasteiger partial charge in [-0.15, -0.1) is 0 Å². The van der Waals surface area contributed by atoms with Crippen LogP contribution in [0.3, 0.4) is 0 Å². The average Bonchev–Trinajstić information content (AvgIpc) is 3.25. The first kappa shape index (κ1) is 20.5. The van der Waals surface area contributed by atoms with E-state index in [-0.39, 0.29) is 16.6 Å². The molecule has 0 unspecified atom stereocenters. The second-order valence-corrected chi connectivity index (χ2v) is 8.83. The van der Waals surface area contributed by atoms with Gasteiger partial charge < -0.3 is 4.57 Å². The second-order valence-electron chi connectivity index (χ2n) is 8.44. The molecule has 2 fully saturated rings. The van der Waals surface area contributed by atoms with Crippen LogP contribution in [0.25, 0.3) is 6.08 Å². The Labute approximate surface area is 182 Å². The minimum absolute atomic E-state index is 0.106. The Balaban J connectivity index is 1.74. The first-order valence-corrected chi connectivity index (χ1v) is 10.9. The van der Waals surface area contributed by atoms with Crippen LogP contribution in [0, 0.1) is 27.7 Å². The van der Waals surface area contributed by atoms with Crippen LogP contribution in [0.2, 0.25) is 0 Å². The van der Waals surface area contributed by atoms with Crippen LogP contribution in [0.1, 0.15) is 59.8 Å². The van der Waals surface area contributed by atoms with E-state index in [0.717, 1.165) is 28.1 Å². The number of carbonyl (C=O) groups is 2. The number of benzene rings is 1. The highest BCUT2D eigenvalue weighted by molar-refractivity contribution is 7.80. The monoisotopic (exact) mass is 421 g/mol. The van der Waals surface area contributed by atoms with Crippen molar-refractivity contribution in [3.8, 4) is 0 Å². The number of amides is 2. The van der Waals surface area contributed by atoms with Crippen LogP contribution < -0.4 is 10.2 Å². The Bertz CT molecular complexity index is 1070. The molecule has 0 atom stereocenters. The molecule has 4 rings (SSSR count). The zero-order chi connectivity index (χ0) is 21.6. The molecule has 2 heterocycles. The van der Waals surface area contributed by atoms with Gasteiger partial charge in [0.05, 0.1) is 5.69 Å². The average molecular weight is 422 g/mol. The van der Waals surface area contributed by atoms with E-state index in [2.05, 4.69) is 29.8 Å². The molecule has 1 aromatic carbocycles. The van der Waals surface area contributed by atoms with Gasteiger partial charge in [-0.1, -0.05) is 18.9 Å². The predicted molar refractivity (Wildman–Crippen MR) is 124 cm³/mol. The molecule has 2 aliphatic rings. The molecule has 1 aliphatic carbocycles. The largest absolute Gasteiger partial charge is 0.346 e. The Kier molecular flexibility index (Phi) is 5.36. The lowest BCUT2D eigenvalue weighted by molar-refractivity contribution is -0.122. The van der Waals surface area contributed by atoms with Crippen molar-refractivity contribution in [2.75, 3.05) is 4.90 Å². The minimum atomic E-state index is -0.448. The summed E-state index contributed by atoms with van der Waals surface area (Å²) >= 11 is 5.33. The molecule has 2 amide bonds. The Morgan fingerprint density at radius 2 is 1.63 bits per heavy atom. The Morgan fingerprint density at radius 3 is 2.27 bits per heavy atom. The lowest BCUT2D eigenvalue weighted by atomic mass is 10.1. The van der Waals surface area contributed by atoms with Crippen molar-refractivity contribution in [3.05, 3.63) is 57.9 Å². The number of rotatable bonds is 3. The van der Waals surface area contributed by atoms with E-state index in [0.29, 0.717) is 11.7 Å². The third-order valence-corrected chi connectivity index (χ3v) is 6.36. The van der Waals surface area contributed by atoms with Crippen LogP contribution in [0.4, 0.5) is 5.69 Å². The van der Waals surface area contributed by atoms with Crippen molar-refractivity contribution in [2.24, 2.45) is 0 Å². The Hall–Kier alpha value is -2.73. The number of carbonyl (C=O) groups excluding carboxylic acids is 2. The normalized spacial score (nSPS) is 19.1. The topological polar surface area (TPSA) is 54.3 Å². The van der Waals surface area contributed by atoms with Gasteiger partial charge in [0.15, 0.2) is 5.11 Å².